The number of nitrogens with zero attached hydrogens (tertiary/aromatic N) is 2. The van der Waals surface area contributed by atoms with Gasteiger partial charge in [-0.1, -0.05) is 54.9 Å². The fourth-order valence-corrected chi connectivity index (χ4v) is 3.95. The van der Waals surface area contributed by atoms with Crippen LogP contribution >= 0.6 is 23.8 Å². The van der Waals surface area contributed by atoms with E-state index in [4.69, 9.17) is 23.8 Å². The molecule has 29 heavy (non-hydrogen) atoms. The highest BCUT2D eigenvalue weighted by molar-refractivity contribution is 7.80. The first kappa shape index (κ1) is 21.0. The summed E-state index contributed by atoms with van der Waals surface area (Å²) in [5.74, 6) is -0.151. The topological polar surface area (TPSA) is 75.5 Å². The van der Waals surface area contributed by atoms with Crippen LogP contribution in [0.3, 0.4) is 0 Å². The standard InChI is InChI=1S/C21H20ClN3O3S/c1-3-11-24-13(2)18(20(26)14-7-5-4-6-8-14)19(23-21(24)29)15-9-10-16(22)17(12-15)25(27)28/h4-10,12,19H,3,11H2,1-2H3,(H,23,29). The van der Waals surface area contributed by atoms with Gasteiger partial charge in [0.15, 0.2) is 10.9 Å². The third kappa shape index (κ3) is 4.16. The lowest BCUT2D eigenvalue weighted by molar-refractivity contribution is -0.384. The van der Waals surface area contributed by atoms with Gasteiger partial charge in [0.2, 0.25) is 0 Å². The predicted molar refractivity (Wildman–Crippen MR) is 117 cm³/mol. The molecule has 8 heteroatoms. The van der Waals surface area contributed by atoms with Crippen molar-refractivity contribution in [3.63, 3.8) is 0 Å². The van der Waals surface area contributed by atoms with Crippen LogP contribution in [0.2, 0.25) is 5.02 Å². The lowest BCUT2D eigenvalue weighted by atomic mass is 9.89. The molecule has 0 spiro atoms. The largest absolute Gasteiger partial charge is 0.351 e. The van der Waals surface area contributed by atoms with Crippen molar-refractivity contribution < 1.29 is 9.72 Å². The first-order valence-corrected chi connectivity index (χ1v) is 9.96. The number of benzene rings is 2. The van der Waals surface area contributed by atoms with Crippen molar-refractivity contribution in [2.75, 3.05) is 6.54 Å². The van der Waals surface area contributed by atoms with Crippen molar-refractivity contribution >= 4 is 40.4 Å². The Morgan fingerprint density at radius 3 is 2.59 bits per heavy atom. The van der Waals surface area contributed by atoms with Gasteiger partial charge in [-0.2, -0.15) is 0 Å². The predicted octanol–water partition coefficient (Wildman–Crippen LogP) is 5.05. The first-order valence-electron chi connectivity index (χ1n) is 9.17. The molecule has 0 saturated heterocycles. The molecule has 2 aromatic rings. The van der Waals surface area contributed by atoms with E-state index in [9.17, 15) is 14.9 Å². The fraction of sp³-hybridized carbons (Fsp3) is 0.238. The van der Waals surface area contributed by atoms with Gasteiger partial charge in [0.25, 0.3) is 5.69 Å². The van der Waals surface area contributed by atoms with Crippen LogP contribution in [0.15, 0.2) is 59.8 Å². The molecule has 3 rings (SSSR count). The smallest absolute Gasteiger partial charge is 0.288 e. The molecule has 0 bridgehead atoms. The number of ketones is 1. The average Bonchev–Trinajstić information content (AvgIpc) is 2.71. The Morgan fingerprint density at radius 2 is 1.97 bits per heavy atom. The van der Waals surface area contributed by atoms with Gasteiger partial charge < -0.3 is 10.2 Å². The maximum absolute atomic E-state index is 13.4. The Labute approximate surface area is 179 Å². The molecule has 0 amide bonds. The fourth-order valence-electron chi connectivity index (χ4n) is 3.41. The minimum Gasteiger partial charge on any atom is -0.351 e. The van der Waals surface area contributed by atoms with E-state index in [1.807, 2.05) is 24.8 Å². The Hall–Kier alpha value is -2.77. The van der Waals surface area contributed by atoms with Crippen molar-refractivity contribution in [3.05, 3.63) is 86.1 Å². The van der Waals surface area contributed by atoms with E-state index in [1.54, 1.807) is 30.3 Å². The number of carbonyl (C=O) groups is 1. The van der Waals surface area contributed by atoms with E-state index in [-0.39, 0.29) is 16.5 Å². The zero-order chi connectivity index (χ0) is 21.1. The molecule has 1 atom stereocenters. The summed E-state index contributed by atoms with van der Waals surface area (Å²) in [6.45, 7) is 4.55. The Morgan fingerprint density at radius 1 is 1.28 bits per heavy atom. The van der Waals surface area contributed by atoms with Gasteiger partial charge in [-0.25, -0.2) is 0 Å². The summed E-state index contributed by atoms with van der Waals surface area (Å²) >= 11 is 11.5. The highest BCUT2D eigenvalue weighted by Crippen LogP contribution is 2.36. The summed E-state index contributed by atoms with van der Waals surface area (Å²) in [6, 6.07) is 12.9. The van der Waals surface area contributed by atoms with Gasteiger partial charge in [0, 0.05) is 29.4 Å². The Kier molecular flexibility index (Phi) is 6.30. The van der Waals surface area contributed by atoms with Crippen LogP contribution in [0, 0.1) is 10.1 Å². The van der Waals surface area contributed by atoms with Gasteiger partial charge in [0.1, 0.15) is 5.02 Å². The van der Waals surface area contributed by atoms with E-state index in [0.717, 1.165) is 12.1 Å². The SMILES string of the molecule is CCCN1C(=S)NC(c2ccc(Cl)c([N+](=O)[O-])c2)C(C(=O)c2ccccc2)=C1C. The third-order valence-corrected chi connectivity index (χ3v) is 5.48. The van der Waals surface area contributed by atoms with Crippen molar-refractivity contribution in [2.45, 2.75) is 26.3 Å². The van der Waals surface area contributed by atoms with Crippen molar-refractivity contribution in [2.24, 2.45) is 0 Å². The second kappa shape index (κ2) is 8.71. The molecular weight excluding hydrogens is 410 g/mol. The van der Waals surface area contributed by atoms with Crippen LogP contribution < -0.4 is 5.32 Å². The van der Waals surface area contributed by atoms with Crippen LogP contribution in [-0.2, 0) is 0 Å². The number of Topliss-reactive ketones (excluding diaryl/α,β-unsaturated/α-hetero) is 1. The van der Waals surface area contributed by atoms with Gasteiger partial charge in [-0.15, -0.1) is 0 Å². The zero-order valence-electron chi connectivity index (χ0n) is 16.0. The summed E-state index contributed by atoms with van der Waals surface area (Å²) < 4.78 is 0. The highest BCUT2D eigenvalue weighted by Gasteiger charge is 2.34. The molecule has 1 aliphatic heterocycles. The lowest BCUT2D eigenvalue weighted by Gasteiger charge is -2.38. The van der Waals surface area contributed by atoms with E-state index >= 15 is 0 Å². The number of thiocarbonyl (C=S) groups is 1. The average molecular weight is 430 g/mol. The quantitative estimate of drug-likeness (QED) is 0.300. The summed E-state index contributed by atoms with van der Waals surface area (Å²) in [5.41, 5.74) is 2.14. The van der Waals surface area contributed by atoms with E-state index < -0.39 is 11.0 Å². The van der Waals surface area contributed by atoms with Crippen LogP contribution in [0.25, 0.3) is 0 Å². The minimum atomic E-state index is -0.612. The number of nitro benzene ring substituents is 1. The molecule has 1 N–H and O–H groups in total. The molecule has 6 nitrogen and oxygen atoms in total. The Balaban J connectivity index is 2.16. The third-order valence-electron chi connectivity index (χ3n) is 4.82. The second-order valence-corrected chi connectivity index (χ2v) is 7.49. The normalized spacial score (nSPS) is 16.6. The molecule has 1 heterocycles. The molecule has 0 radical (unpaired) electrons. The molecule has 0 aromatic heterocycles. The van der Waals surface area contributed by atoms with Gasteiger partial charge >= 0.3 is 0 Å². The summed E-state index contributed by atoms with van der Waals surface area (Å²) in [4.78, 5) is 26.1. The first-order chi connectivity index (χ1) is 13.8. The molecule has 0 fully saturated rings. The molecule has 1 aliphatic rings. The van der Waals surface area contributed by atoms with Crippen LogP contribution in [-0.4, -0.2) is 27.3 Å². The van der Waals surface area contributed by atoms with Crippen LogP contribution in [0.4, 0.5) is 5.69 Å². The lowest BCUT2D eigenvalue weighted by Crippen LogP contribution is -2.47. The van der Waals surface area contributed by atoms with Crippen molar-refractivity contribution in [1.29, 1.82) is 0 Å². The van der Waals surface area contributed by atoms with E-state index in [1.165, 1.54) is 12.1 Å². The summed E-state index contributed by atoms with van der Waals surface area (Å²) in [5, 5.41) is 15.1. The van der Waals surface area contributed by atoms with Gasteiger partial charge in [-0.3, -0.25) is 14.9 Å². The van der Waals surface area contributed by atoms with Gasteiger partial charge in [-0.05, 0) is 37.2 Å². The van der Waals surface area contributed by atoms with Gasteiger partial charge in [0.05, 0.1) is 11.0 Å². The number of allylic oxidation sites excluding steroid dienone is 1. The molecule has 0 saturated carbocycles. The number of hydrogen-bond acceptors (Lipinski definition) is 4. The number of nitro groups is 1. The monoisotopic (exact) mass is 429 g/mol. The summed E-state index contributed by atoms with van der Waals surface area (Å²) in [6.07, 6.45) is 0.850. The molecule has 1 unspecified atom stereocenters. The summed E-state index contributed by atoms with van der Waals surface area (Å²) in [7, 11) is 0. The van der Waals surface area contributed by atoms with Crippen LogP contribution in [0.1, 0.15) is 42.2 Å². The maximum atomic E-state index is 13.4. The minimum absolute atomic E-state index is 0.0429. The number of carbonyl (C=O) groups excluding carboxylic acids is 1. The number of nitrogens with one attached hydrogen (secondary N) is 1. The number of halogens is 1. The second-order valence-electron chi connectivity index (χ2n) is 6.70. The van der Waals surface area contributed by atoms with Crippen molar-refractivity contribution in [3.8, 4) is 0 Å². The maximum Gasteiger partial charge on any atom is 0.288 e. The van der Waals surface area contributed by atoms with Crippen LogP contribution in [0.5, 0.6) is 0 Å². The number of rotatable bonds is 6. The molecule has 0 aliphatic carbocycles. The zero-order valence-corrected chi connectivity index (χ0v) is 17.6. The highest BCUT2D eigenvalue weighted by atomic mass is 35.5. The molecular formula is C21H20ClN3O3S. The van der Waals surface area contributed by atoms with Crippen molar-refractivity contribution in [1.82, 2.24) is 10.2 Å². The van der Waals surface area contributed by atoms with E-state index in [0.29, 0.717) is 28.4 Å². The molecule has 2 aromatic carbocycles. The Bertz CT molecular complexity index is 1010. The number of hydrogen-bond donors (Lipinski definition) is 1. The molecule has 150 valence electrons. The van der Waals surface area contributed by atoms with E-state index in [2.05, 4.69) is 5.32 Å².